The molecular formula is CH4O6S3. The van der Waals surface area contributed by atoms with E-state index in [1.165, 1.54) is 0 Å². The fraction of sp³-hybridized carbons (Fsp3) is 1.00. The van der Waals surface area contributed by atoms with Crippen LogP contribution in [-0.4, -0.2) is 30.2 Å². The molecule has 0 bridgehead atoms. The van der Waals surface area contributed by atoms with Crippen LogP contribution in [0, 0.1) is 0 Å². The lowest BCUT2D eigenvalue weighted by Gasteiger charge is -2.00. The second-order valence-electron chi connectivity index (χ2n) is 1.12. The molecule has 0 aliphatic carbocycles. The molecule has 0 heterocycles. The molecule has 62 valence electrons. The summed E-state index contributed by atoms with van der Waals surface area (Å²) in [4.78, 5) is 0. The minimum atomic E-state index is -2.76. The Balaban J connectivity index is 4.43. The SMILES string of the molecule is O=S(O)C(S(=O)O)S(=O)O. The molecule has 0 amide bonds. The second-order valence-corrected chi connectivity index (χ2v) is 5.08. The maximum atomic E-state index is 9.99. The lowest BCUT2D eigenvalue weighted by Crippen LogP contribution is -2.24. The van der Waals surface area contributed by atoms with Crippen LogP contribution in [0.5, 0.6) is 0 Å². The van der Waals surface area contributed by atoms with Gasteiger partial charge in [0.25, 0.3) is 3.91 Å². The van der Waals surface area contributed by atoms with E-state index >= 15 is 0 Å². The first-order chi connectivity index (χ1) is 4.46. The van der Waals surface area contributed by atoms with Crippen molar-refractivity contribution in [2.75, 3.05) is 0 Å². The zero-order chi connectivity index (χ0) is 8.31. The van der Waals surface area contributed by atoms with Crippen molar-refractivity contribution in [2.45, 2.75) is 3.91 Å². The highest BCUT2D eigenvalue weighted by Gasteiger charge is 2.27. The Labute approximate surface area is 63.9 Å². The van der Waals surface area contributed by atoms with Gasteiger partial charge in [0.15, 0.2) is 33.2 Å². The zero-order valence-corrected chi connectivity index (χ0v) is 6.82. The summed E-state index contributed by atoms with van der Waals surface area (Å²) in [6, 6.07) is 0. The van der Waals surface area contributed by atoms with E-state index in [0.717, 1.165) is 0 Å². The van der Waals surface area contributed by atoms with Crippen LogP contribution in [0.1, 0.15) is 0 Å². The van der Waals surface area contributed by atoms with Gasteiger partial charge in [-0.3, -0.25) is 0 Å². The molecule has 0 spiro atoms. The smallest absolute Gasteiger partial charge is 0.260 e. The van der Waals surface area contributed by atoms with Gasteiger partial charge in [0, 0.05) is 0 Å². The molecule has 0 aromatic heterocycles. The first kappa shape index (κ1) is 10.3. The Kier molecular flexibility index (Phi) is 4.40. The summed E-state index contributed by atoms with van der Waals surface area (Å²) in [6.45, 7) is 0. The highest BCUT2D eigenvalue weighted by atomic mass is 32.3. The van der Waals surface area contributed by atoms with Crippen LogP contribution in [0.3, 0.4) is 0 Å². The molecule has 6 nitrogen and oxygen atoms in total. The predicted molar refractivity (Wildman–Crippen MR) is 36.1 cm³/mol. The molecule has 0 aliphatic heterocycles. The minimum absolute atomic E-state index is 2.03. The van der Waals surface area contributed by atoms with Gasteiger partial charge in [-0.2, -0.15) is 0 Å². The maximum Gasteiger partial charge on any atom is 0.260 e. The quantitative estimate of drug-likeness (QED) is 0.509. The van der Waals surface area contributed by atoms with Crippen LogP contribution in [0.25, 0.3) is 0 Å². The molecule has 0 aliphatic rings. The summed E-state index contributed by atoms with van der Waals surface area (Å²) >= 11 is -8.29. The largest absolute Gasteiger partial charge is 0.304 e. The molecule has 9 heteroatoms. The van der Waals surface area contributed by atoms with E-state index in [-0.39, 0.29) is 0 Å². The van der Waals surface area contributed by atoms with Gasteiger partial charge in [0.1, 0.15) is 0 Å². The first-order valence-corrected chi connectivity index (χ1v) is 5.26. The van der Waals surface area contributed by atoms with Gasteiger partial charge in [-0.25, -0.2) is 12.6 Å². The van der Waals surface area contributed by atoms with E-state index in [4.69, 9.17) is 13.7 Å². The van der Waals surface area contributed by atoms with Crippen molar-refractivity contribution in [3.8, 4) is 0 Å². The zero-order valence-electron chi connectivity index (χ0n) is 4.37. The van der Waals surface area contributed by atoms with Crippen molar-refractivity contribution in [2.24, 2.45) is 0 Å². The average Bonchev–Trinajstić information content (AvgIpc) is 1.59. The summed E-state index contributed by atoms with van der Waals surface area (Å²) in [5, 5.41) is 0. The predicted octanol–water partition coefficient (Wildman–Crippen LogP) is -1.06. The Hall–Kier alpha value is 0.330. The normalized spacial score (nSPS) is 23.1. The van der Waals surface area contributed by atoms with E-state index in [1.807, 2.05) is 0 Å². The summed E-state index contributed by atoms with van der Waals surface area (Å²) in [7, 11) is 0. The number of hydrogen-bond acceptors (Lipinski definition) is 3. The molecule has 0 fully saturated rings. The van der Waals surface area contributed by atoms with Gasteiger partial charge < -0.3 is 13.7 Å². The molecule has 3 N–H and O–H groups in total. The van der Waals surface area contributed by atoms with E-state index in [9.17, 15) is 12.6 Å². The fourth-order valence-corrected chi connectivity index (χ4v) is 1.90. The minimum Gasteiger partial charge on any atom is -0.304 e. The number of hydrogen-bond donors (Lipinski definition) is 3. The van der Waals surface area contributed by atoms with Crippen molar-refractivity contribution in [1.82, 2.24) is 0 Å². The standard InChI is InChI=1S/CH4O6S3/c2-8(3)1(9(4)5)10(6)7/h1H,(H,2,3)(H,4,5)(H,6,7). The van der Waals surface area contributed by atoms with Crippen LogP contribution in [0.15, 0.2) is 0 Å². The van der Waals surface area contributed by atoms with Gasteiger partial charge >= 0.3 is 0 Å². The molecule has 0 radical (unpaired) electrons. The Bertz CT molecular complexity index is 152. The van der Waals surface area contributed by atoms with E-state index in [1.54, 1.807) is 0 Å². The molecule has 10 heavy (non-hydrogen) atoms. The Morgan fingerprint density at radius 2 is 1.00 bits per heavy atom. The maximum absolute atomic E-state index is 9.99. The van der Waals surface area contributed by atoms with Crippen LogP contribution in [0.4, 0.5) is 0 Å². The molecule has 0 saturated heterocycles. The van der Waals surface area contributed by atoms with Gasteiger partial charge in [0.2, 0.25) is 0 Å². The van der Waals surface area contributed by atoms with Crippen molar-refractivity contribution < 1.29 is 26.3 Å². The first-order valence-electron chi connectivity index (χ1n) is 1.75. The van der Waals surface area contributed by atoms with E-state index < -0.39 is 37.2 Å². The molecule has 3 atom stereocenters. The van der Waals surface area contributed by atoms with Crippen LogP contribution in [0.2, 0.25) is 0 Å². The van der Waals surface area contributed by atoms with E-state index in [2.05, 4.69) is 0 Å². The molecule has 0 saturated carbocycles. The summed E-state index contributed by atoms with van der Waals surface area (Å²) < 4.78 is 52.3. The fourth-order valence-electron chi connectivity index (χ4n) is 0.211. The van der Waals surface area contributed by atoms with Crippen molar-refractivity contribution in [3.05, 3.63) is 0 Å². The molecule has 0 aromatic rings. The third-order valence-corrected chi connectivity index (χ3v) is 4.45. The van der Waals surface area contributed by atoms with Gasteiger partial charge in [-0.15, -0.1) is 0 Å². The monoisotopic (exact) mass is 208 g/mol. The lowest BCUT2D eigenvalue weighted by atomic mass is 11.9. The Morgan fingerprint density at radius 3 is 1.00 bits per heavy atom. The van der Waals surface area contributed by atoms with Crippen LogP contribution >= 0.6 is 0 Å². The summed E-state index contributed by atoms with van der Waals surface area (Å²) in [5.74, 6) is 0. The number of rotatable bonds is 3. The molecule has 3 unspecified atom stereocenters. The van der Waals surface area contributed by atoms with Gasteiger partial charge in [-0.05, 0) is 0 Å². The topological polar surface area (TPSA) is 112 Å². The highest BCUT2D eigenvalue weighted by Crippen LogP contribution is 2.01. The van der Waals surface area contributed by atoms with Crippen molar-refractivity contribution >= 4 is 33.2 Å². The van der Waals surface area contributed by atoms with Crippen molar-refractivity contribution in [3.63, 3.8) is 0 Å². The second kappa shape index (κ2) is 4.26. The Morgan fingerprint density at radius 1 is 0.800 bits per heavy atom. The third-order valence-electron chi connectivity index (χ3n) is 0.494. The van der Waals surface area contributed by atoms with Crippen LogP contribution in [-0.2, 0) is 33.2 Å². The van der Waals surface area contributed by atoms with Gasteiger partial charge in [-0.1, -0.05) is 0 Å². The summed E-state index contributed by atoms with van der Waals surface area (Å²) in [6.07, 6.45) is 0. The highest BCUT2D eigenvalue weighted by molar-refractivity contribution is 8.13. The molecule has 0 aromatic carbocycles. The lowest BCUT2D eigenvalue weighted by molar-refractivity contribution is 0.537. The van der Waals surface area contributed by atoms with Gasteiger partial charge in [0.05, 0.1) is 0 Å². The average molecular weight is 208 g/mol. The summed E-state index contributed by atoms with van der Waals surface area (Å²) in [5.41, 5.74) is 0. The molecular weight excluding hydrogens is 204 g/mol. The van der Waals surface area contributed by atoms with Crippen molar-refractivity contribution in [1.29, 1.82) is 0 Å². The molecule has 0 rings (SSSR count). The van der Waals surface area contributed by atoms with E-state index in [0.29, 0.717) is 0 Å². The third kappa shape index (κ3) is 2.94. The van der Waals surface area contributed by atoms with Crippen LogP contribution < -0.4 is 0 Å².